The van der Waals surface area contributed by atoms with Gasteiger partial charge in [0.25, 0.3) is 0 Å². The van der Waals surface area contributed by atoms with Gasteiger partial charge in [-0.1, -0.05) is 63.7 Å². The van der Waals surface area contributed by atoms with Gasteiger partial charge < -0.3 is 43.0 Å². The third-order valence-corrected chi connectivity index (χ3v) is 9.22. The number of benzene rings is 4. The van der Waals surface area contributed by atoms with E-state index in [0.29, 0.717) is 13.4 Å². The van der Waals surface area contributed by atoms with Crippen molar-refractivity contribution in [1.82, 2.24) is 0 Å². The van der Waals surface area contributed by atoms with Crippen LogP contribution in [-0.2, 0) is 18.9 Å². The van der Waals surface area contributed by atoms with E-state index in [-0.39, 0.29) is 49.9 Å². The Balaban J connectivity index is 0.000000468. The molecular formula is C48H55Br4F5O13. The minimum atomic E-state index is -3.06. The number of aromatic hydroxyl groups is 1. The van der Waals surface area contributed by atoms with Crippen LogP contribution in [0.4, 0.5) is 22.0 Å². The van der Waals surface area contributed by atoms with Gasteiger partial charge in [0, 0.05) is 17.9 Å². The molecule has 0 fully saturated rings. The van der Waals surface area contributed by atoms with Gasteiger partial charge in [-0.25, -0.2) is 32.3 Å². The average molecular weight is 1250 g/mol. The summed E-state index contributed by atoms with van der Waals surface area (Å²) in [6.07, 6.45) is 0. The van der Waals surface area contributed by atoms with E-state index in [4.69, 9.17) is 33.2 Å². The summed E-state index contributed by atoms with van der Waals surface area (Å²) >= 11 is 12.4. The molecular weight excluding hydrogens is 1200 g/mol. The zero-order valence-corrected chi connectivity index (χ0v) is 47.3. The fraction of sp³-hybridized carbons (Fsp3) is 0.417. The molecule has 0 unspecified atom stereocenters. The van der Waals surface area contributed by atoms with E-state index in [9.17, 15) is 46.2 Å². The number of rotatable bonds is 9. The number of methoxy groups -OCH3 is 3. The third-order valence-electron chi connectivity index (χ3n) is 7.39. The van der Waals surface area contributed by atoms with Crippen molar-refractivity contribution in [2.75, 3.05) is 21.3 Å². The Morgan fingerprint density at radius 3 is 1.04 bits per heavy atom. The van der Waals surface area contributed by atoms with Crippen LogP contribution < -0.4 is 18.9 Å². The quantitative estimate of drug-likeness (QED) is 0.0958. The lowest BCUT2D eigenvalue weighted by Crippen LogP contribution is -2.25. The van der Waals surface area contributed by atoms with E-state index >= 15 is 0 Å². The van der Waals surface area contributed by atoms with Crippen LogP contribution in [0, 0.1) is 17.5 Å². The molecule has 13 nitrogen and oxygen atoms in total. The number of halogens is 9. The molecule has 0 atom stereocenters. The molecule has 22 heteroatoms. The molecule has 4 aromatic carbocycles. The van der Waals surface area contributed by atoms with E-state index in [1.165, 1.54) is 51.7 Å². The molecule has 0 saturated heterocycles. The Labute approximate surface area is 437 Å². The summed E-state index contributed by atoms with van der Waals surface area (Å²) in [7, 11) is 4.12. The number of ether oxygens (including phenoxy) is 8. The van der Waals surface area contributed by atoms with E-state index in [1.807, 2.05) is 0 Å². The van der Waals surface area contributed by atoms with E-state index in [1.54, 1.807) is 89.2 Å². The van der Waals surface area contributed by atoms with Gasteiger partial charge in [0.1, 0.15) is 90.9 Å². The van der Waals surface area contributed by atoms with Gasteiger partial charge in [-0.05, 0) is 132 Å². The number of alkyl halides is 2. The fourth-order valence-corrected chi connectivity index (χ4v) is 6.66. The first-order chi connectivity index (χ1) is 31.8. The van der Waals surface area contributed by atoms with Crippen LogP contribution in [0.3, 0.4) is 0 Å². The molecule has 0 radical (unpaired) electrons. The summed E-state index contributed by atoms with van der Waals surface area (Å²) in [5.41, 5.74) is -3.86. The SMILES string of the molecule is CC(C)(C)OC(=O)c1c(F)cc(Br)cc1F.COc1cc(Br)cc(F)c1C(=O)OC(C)(C)C.COc1cc(Br)cc(O)c1C(=O)OC(C)(C)C.COc1cc(Br)cc(OC(F)F)c1C(=O)OC(C)(C)C. The van der Waals surface area contributed by atoms with Gasteiger partial charge in [0.2, 0.25) is 0 Å². The van der Waals surface area contributed by atoms with Crippen molar-refractivity contribution in [2.24, 2.45) is 0 Å². The predicted octanol–water partition coefficient (Wildman–Crippen LogP) is 14.4. The van der Waals surface area contributed by atoms with Gasteiger partial charge in [0.05, 0.1) is 21.3 Å². The highest BCUT2D eigenvalue weighted by Gasteiger charge is 2.29. The number of phenols is 1. The molecule has 4 rings (SSSR count). The highest BCUT2D eigenvalue weighted by molar-refractivity contribution is 9.11. The monoisotopic (exact) mass is 1250 g/mol. The lowest BCUT2D eigenvalue weighted by Gasteiger charge is -2.21. The van der Waals surface area contributed by atoms with Crippen LogP contribution in [0.1, 0.15) is 125 Å². The van der Waals surface area contributed by atoms with Gasteiger partial charge >= 0.3 is 30.5 Å². The number of esters is 4. The average Bonchev–Trinajstić information content (AvgIpc) is 3.14. The Hall–Kier alpha value is -4.67. The summed E-state index contributed by atoms with van der Waals surface area (Å²) < 4.78 is 107. The minimum Gasteiger partial charge on any atom is -0.507 e. The molecule has 0 aliphatic rings. The number of phenolic OH excluding ortho intramolecular Hbond substituents is 1. The molecule has 1 N–H and O–H groups in total. The van der Waals surface area contributed by atoms with Crippen LogP contribution in [0.25, 0.3) is 0 Å². The number of carbonyl (C=O) groups is 4. The number of carbonyl (C=O) groups excluding carboxylic acids is 4. The van der Waals surface area contributed by atoms with Crippen molar-refractivity contribution in [3.05, 3.63) is 106 Å². The molecule has 0 spiro atoms. The van der Waals surface area contributed by atoms with Crippen molar-refractivity contribution in [3.63, 3.8) is 0 Å². The maximum Gasteiger partial charge on any atom is 0.387 e. The standard InChI is InChI=1S/C13H15BrF2O4.C12H14BrFO3.C12H15BrO4.C11H11BrF2O2/c1-13(2,3)20-11(17)10-8(18-4)5-7(14)6-9(10)19-12(15)16;2*1-12(2,3)17-11(15)10-8(14)5-7(13)6-9(10)16-4;1-11(2,3)16-10(15)9-7(13)4-6(12)5-8(9)14/h5-6,12H,1-4H3;5-6H,1-4H3;5-6,14H,1-4H3;4-5H,1-3H3. The molecule has 0 aromatic heterocycles. The Kier molecular flexibility index (Phi) is 24.1. The maximum absolute atomic E-state index is 13.7. The van der Waals surface area contributed by atoms with Crippen molar-refractivity contribution < 1.29 is 84.1 Å². The van der Waals surface area contributed by atoms with Crippen molar-refractivity contribution in [1.29, 1.82) is 0 Å². The van der Waals surface area contributed by atoms with Gasteiger partial charge in [0.15, 0.2) is 0 Å². The largest absolute Gasteiger partial charge is 0.507 e. The first kappa shape index (κ1) is 63.3. The smallest absolute Gasteiger partial charge is 0.387 e. The molecule has 0 saturated carbocycles. The highest BCUT2D eigenvalue weighted by Crippen LogP contribution is 2.36. The molecule has 0 aliphatic heterocycles. The summed E-state index contributed by atoms with van der Waals surface area (Å²) in [4.78, 5) is 47.3. The first-order valence-electron chi connectivity index (χ1n) is 20.3. The summed E-state index contributed by atoms with van der Waals surface area (Å²) in [5.74, 6) is -5.69. The fourth-order valence-electron chi connectivity index (χ4n) is 5.01. The van der Waals surface area contributed by atoms with Crippen LogP contribution in [-0.4, -0.2) is 79.3 Å². The molecule has 0 aliphatic carbocycles. The van der Waals surface area contributed by atoms with E-state index in [2.05, 4.69) is 68.5 Å². The van der Waals surface area contributed by atoms with Crippen LogP contribution in [0.15, 0.2) is 66.4 Å². The van der Waals surface area contributed by atoms with Gasteiger partial charge in [-0.15, -0.1) is 0 Å². The third kappa shape index (κ3) is 22.2. The molecule has 388 valence electrons. The minimum absolute atomic E-state index is 0.0330. The van der Waals surface area contributed by atoms with Crippen LogP contribution >= 0.6 is 63.7 Å². The number of hydrogen-bond acceptors (Lipinski definition) is 13. The summed E-state index contributed by atoms with van der Waals surface area (Å²) in [6, 6.07) is 10.5. The first-order valence-corrected chi connectivity index (χ1v) is 23.5. The zero-order chi connectivity index (χ0) is 54.4. The molecule has 70 heavy (non-hydrogen) atoms. The molecule has 0 bridgehead atoms. The Morgan fingerprint density at radius 2 is 0.686 bits per heavy atom. The van der Waals surface area contributed by atoms with Gasteiger partial charge in [-0.3, -0.25) is 0 Å². The second-order valence-corrected chi connectivity index (χ2v) is 21.7. The predicted molar refractivity (Wildman–Crippen MR) is 265 cm³/mol. The zero-order valence-electron chi connectivity index (χ0n) is 40.9. The van der Waals surface area contributed by atoms with Crippen molar-refractivity contribution in [3.8, 4) is 28.7 Å². The van der Waals surface area contributed by atoms with Crippen LogP contribution in [0.2, 0.25) is 0 Å². The van der Waals surface area contributed by atoms with E-state index in [0.717, 1.165) is 12.1 Å². The van der Waals surface area contributed by atoms with Crippen molar-refractivity contribution >= 4 is 87.6 Å². The maximum atomic E-state index is 13.7. The summed E-state index contributed by atoms with van der Waals surface area (Å²) in [5, 5.41) is 9.76. The lowest BCUT2D eigenvalue weighted by atomic mass is 10.1. The molecule has 4 aromatic rings. The van der Waals surface area contributed by atoms with E-state index < -0.39 is 75.9 Å². The lowest BCUT2D eigenvalue weighted by molar-refractivity contribution is -0.0510. The topological polar surface area (TPSA) is 162 Å². The highest BCUT2D eigenvalue weighted by atomic mass is 79.9. The Morgan fingerprint density at radius 1 is 0.429 bits per heavy atom. The van der Waals surface area contributed by atoms with Crippen molar-refractivity contribution in [2.45, 2.75) is 112 Å². The normalized spacial score (nSPS) is 11.3. The number of hydrogen-bond donors (Lipinski definition) is 1. The summed E-state index contributed by atoms with van der Waals surface area (Å²) in [6.45, 7) is 17.2. The second-order valence-electron chi connectivity index (χ2n) is 18.1. The second kappa shape index (κ2) is 26.7. The molecule has 0 heterocycles. The van der Waals surface area contributed by atoms with Crippen LogP contribution in [0.5, 0.6) is 28.7 Å². The Bertz CT molecular complexity index is 2370. The molecule has 0 amide bonds. The van der Waals surface area contributed by atoms with Gasteiger partial charge in [-0.2, -0.15) is 8.78 Å².